The number of rotatable bonds is 9. The normalized spacial score (nSPS) is 17.9. The van der Waals surface area contributed by atoms with Crippen molar-refractivity contribution in [2.45, 2.75) is 32.1 Å². The number of methoxy groups -OCH3 is 1. The van der Waals surface area contributed by atoms with Crippen LogP contribution in [0.25, 0.3) is 22.4 Å². The highest BCUT2D eigenvalue weighted by molar-refractivity contribution is 5.82. The molecule has 2 N–H and O–H groups in total. The van der Waals surface area contributed by atoms with Crippen LogP contribution in [0, 0.1) is 11.8 Å². The molecule has 178 valence electrons. The number of aromatic amines is 1. The number of H-pyrrole nitrogens is 1. The van der Waals surface area contributed by atoms with Gasteiger partial charge in [-0.1, -0.05) is 42.5 Å². The Hall–Kier alpha value is -3.45. The molecule has 1 fully saturated rings. The van der Waals surface area contributed by atoms with E-state index in [0.717, 1.165) is 59.4 Å². The number of carboxylic acids is 1. The molecule has 0 spiro atoms. The number of nitrogens with one attached hydrogen (secondary N) is 1. The summed E-state index contributed by atoms with van der Waals surface area (Å²) in [7, 11) is 1.63. The van der Waals surface area contributed by atoms with Crippen molar-refractivity contribution in [3.05, 3.63) is 70.5 Å². The third kappa shape index (κ3) is 5.72. The third-order valence-corrected chi connectivity index (χ3v) is 6.55. The number of benzene rings is 2. The van der Waals surface area contributed by atoms with Gasteiger partial charge in [-0.2, -0.15) is 5.10 Å². The van der Waals surface area contributed by atoms with Crippen molar-refractivity contribution in [3.8, 4) is 28.1 Å². The van der Waals surface area contributed by atoms with E-state index in [1.165, 1.54) is 0 Å². The molecule has 0 amide bonds. The molecule has 0 bridgehead atoms. The van der Waals surface area contributed by atoms with Crippen LogP contribution in [-0.4, -0.2) is 41.6 Å². The molecule has 7 nitrogen and oxygen atoms in total. The van der Waals surface area contributed by atoms with Crippen molar-refractivity contribution in [2.24, 2.45) is 11.8 Å². The van der Waals surface area contributed by atoms with Crippen LogP contribution in [0.4, 0.5) is 0 Å². The summed E-state index contributed by atoms with van der Waals surface area (Å²) in [5.74, 6) is 0.561. The van der Waals surface area contributed by atoms with E-state index in [2.05, 4.69) is 10.2 Å². The van der Waals surface area contributed by atoms with Gasteiger partial charge in [0.1, 0.15) is 12.4 Å². The van der Waals surface area contributed by atoms with E-state index < -0.39 is 5.97 Å². The molecule has 0 radical (unpaired) electrons. The van der Waals surface area contributed by atoms with Gasteiger partial charge in [-0.05, 0) is 61.6 Å². The van der Waals surface area contributed by atoms with E-state index in [4.69, 9.17) is 14.6 Å². The van der Waals surface area contributed by atoms with Crippen LogP contribution in [0.2, 0.25) is 0 Å². The fourth-order valence-electron chi connectivity index (χ4n) is 4.76. The molecule has 0 saturated heterocycles. The molecular formula is C27H30N2O5. The quantitative estimate of drug-likeness (QED) is 0.483. The lowest BCUT2D eigenvalue weighted by molar-refractivity contribution is -0.142. The number of carbonyl (C=O) groups is 1. The highest BCUT2D eigenvalue weighted by atomic mass is 16.5. The molecule has 3 aromatic rings. The zero-order valence-corrected chi connectivity index (χ0v) is 19.3. The van der Waals surface area contributed by atoms with Crippen LogP contribution >= 0.6 is 0 Å². The fraction of sp³-hybridized carbons (Fsp3) is 0.370. The van der Waals surface area contributed by atoms with Gasteiger partial charge in [-0.25, -0.2) is 9.89 Å². The molecule has 1 heterocycles. The molecular weight excluding hydrogens is 432 g/mol. The van der Waals surface area contributed by atoms with Crippen molar-refractivity contribution in [1.82, 2.24) is 10.2 Å². The Balaban J connectivity index is 1.61. The lowest BCUT2D eigenvalue weighted by Crippen LogP contribution is -2.25. The lowest BCUT2D eigenvalue weighted by atomic mass is 9.78. The standard InChI is InChI=1S/C27H30N2O5/c1-33-22-13-11-20(12-14-22)25-23(27(32)29-28-26(25)21-5-3-2-4-6-21)15-18-7-9-19(10-8-18)16-34-17-24(30)31/h2-6,11-14,18-19H,7-10,15-17H2,1H3,(H,29,32)(H,30,31)/t18-,19-. The van der Waals surface area contributed by atoms with E-state index in [1.807, 2.05) is 54.6 Å². The van der Waals surface area contributed by atoms with Crippen LogP contribution in [0.3, 0.4) is 0 Å². The SMILES string of the molecule is COc1ccc(-c2c(-c3ccccc3)n[nH]c(=O)c2C[C@H]2CC[C@H](COCC(=O)O)CC2)cc1. The minimum absolute atomic E-state index is 0.155. The van der Waals surface area contributed by atoms with Gasteiger partial charge in [-0.3, -0.25) is 4.79 Å². The molecule has 0 aliphatic heterocycles. The van der Waals surface area contributed by atoms with E-state index in [9.17, 15) is 9.59 Å². The number of carboxylic acid groups (broad SMARTS) is 1. The molecule has 1 aromatic heterocycles. The van der Waals surface area contributed by atoms with Gasteiger partial charge in [0.25, 0.3) is 5.56 Å². The van der Waals surface area contributed by atoms with Crippen molar-refractivity contribution in [3.63, 3.8) is 0 Å². The van der Waals surface area contributed by atoms with Crippen molar-refractivity contribution >= 4 is 5.97 Å². The summed E-state index contributed by atoms with van der Waals surface area (Å²) in [5.41, 5.74) is 4.11. The second kappa shape index (κ2) is 11.1. The Kier molecular flexibility index (Phi) is 7.75. The van der Waals surface area contributed by atoms with Crippen LogP contribution in [0.5, 0.6) is 5.75 Å². The number of aromatic nitrogens is 2. The van der Waals surface area contributed by atoms with Gasteiger partial charge in [-0.15, -0.1) is 0 Å². The average Bonchev–Trinajstić information content (AvgIpc) is 2.86. The Morgan fingerprint density at radius 1 is 1.00 bits per heavy atom. The first-order valence-electron chi connectivity index (χ1n) is 11.7. The zero-order chi connectivity index (χ0) is 23.9. The minimum atomic E-state index is -0.939. The molecule has 34 heavy (non-hydrogen) atoms. The predicted octanol–water partition coefficient (Wildman–Crippen LogP) is 4.56. The predicted molar refractivity (Wildman–Crippen MR) is 130 cm³/mol. The van der Waals surface area contributed by atoms with E-state index in [-0.39, 0.29) is 12.2 Å². The Morgan fingerprint density at radius 3 is 2.32 bits per heavy atom. The summed E-state index contributed by atoms with van der Waals surface area (Å²) in [6.07, 6.45) is 4.56. The summed E-state index contributed by atoms with van der Waals surface area (Å²) in [6.45, 7) is 0.226. The molecule has 4 rings (SSSR count). The van der Waals surface area contributed by atoms with Crippen LogP contribution in [-0.2, 0) is 16.0 Å². The zero-order valence-electron chi connectivity index (χ0n) is 19.3. The van der Waals surface area contributed by atoms with Crippen LogP contribution in [0.15, 0.2) is 59.4 Å². The first-order valence-corrected chi connectivity index (χ1v) is 11.7. The Labute approximate surface area is 198 Å². The second-order valence-corrected chi connectivity index (χ2v) is 8.85. The molecule has 0 unspecified atom stereocenters. The van der Waals surface area contributed by atoms with E-state index in [0.29, 0.717) is 24.9 Å². The van der Waals surface area contributed by atoms with E-state index >= 15 is 0 Å². The van der Waals surface area contributed by atoms with Crippen LogP contribution in [0.1, 0.15) is 31.2 Å². The summed E-state index contributed by atoms with van der Waals surface area (Å²) < 4.78 is 10.6. The van der Waals surface area contributed by atoms with Crippen molar-refractivity contribution < 1.29 is 19.4 Å². The molecule has 1 saturated carbocycles. The smallest absolute Gasteiger partial charge is 0.329 e. The van der Waals surface area contributed by atoms with E-state index in [1.54, 1.807) is 7.11 Å². The molecule has 1 aliphatic carbocycles. The first kappa shape index (κ1) is 23.7. The van der Waals surface area contributed by atoms with Crippen LogP contribution < -0.4 is 10.3 Å². The van der Waals surface area contributed by atoms with Gasteiger partial charge in [0, 0.05) is 16.7 Å². The fourth-order valence-corrected chi connectivity index (χ4v) is 4.76. The van der Waals surface area contributed by atoms with Crippen molar-refractivity contribution in [1.29, 1.82) is 0 Å². The molecule has 1 aliphatic rings. The number of nitrogens with zero attached hydrogens (tertiary/aromatic N) is 1. The van der Waals surface area contributed by atoms with Gasteiger partial charge in [0.15, 0.2) is 0 Å². The number of hydrogen-bond acceptors (Lipinski definition) is 5. The molecule has 2 aromatic carbocycles. The number of hydrogen-bond donors (Lipinski definition) is 2. The Morgan fingerprint density at radius 2 is 1.68 bits per heavy atom. The largest absolute Gasteiger partial charge is 0.497 e. The monoisotopic (exact) mass is 462 g/mol. The van der Waals surface area contributed by atoms with Gasteiger partial charge >= 0.3 is 5.97 Å². The first-order chi connectivity index (χ1) is 16.5. The van der Waals surface area contributed by atoms with Gasteiger partial charge in [0.05, 0.1) is 19.4 Å². The second-order valence-electron chi connectivity index (χ2n) is 8.85. The lowest BCUT2D eigenvalue weighted by Gasteiger charge is -2.28. The summed E-state index contributed by atoms with van der Waals surface area (Å²) in [5, 5.41) is 15.9. The topological polar surface area (TPSA) is 102 Å². The highest BCUT2D eigenvalue weighted by Crippen LogP contribution is 2.36. The Bertz CT molecular complexity index is 1150. The maximum Gasteiger partial charge on any atom is 0.329 e. The average molecular weight is 463 g/mol. The number of aliphatic carboxylic acids is 1. The number of ether oxygens (including phenoxy) is 2. The maximum atomic E-state index is 13.0. The van der Waals surface area contributed by atoms with Gasteiger partial charge in [0.2, 0.25) is 0 Å². The molecule has 0 atom stereocenters. The third-order valence-electron chi connectivity index (χ3n) is 6.55. The van der Waals surface area contributed by atoms with Crippen molar-refractivity contribution in [2.75, 3.05) is 20.3 Å². The summed E-state index contributed by atoms with van der Waals surface area (Å²) in [6, 6.07) is 17.6. The summed E-state index contributed by atoms with van der Waals surface area (Å²) >= 11 is 0. The maximum absolute atomic E-state index is 13.0. The van der Waals surface area contributed by atoms with Gasteiger partial charge < -0.3 is 14.6 Å². The molecule has 7 heteroatoms. The minimum Gasteiger partial charge on any atom is -0.497 e. The summed E-state index contributed by atoms with van der Waals surface area (Å²) in [4.78, 5) is 23.7. The highest BCUT2D eigenvalue weighted by Gasteiger charge is 2.25.